The fourth-order valence-corrected chi connectivity index (χ4v) is 4.56. The van der Waals surface area contributed by atoms with Crippen molar-refractivity contribution in [3.05, 3.63) is 12.7 Å². The van der Waals surface area contributed by atoms with Gasteiger partial charge < -0.3 is 35.0 Å². The molecular formula is C26H41N5O7. The van der Waals surface area contributed by atoms with Crippen LogP contribution in [-0.4, -0.2) is 79.6 Å². The summed E-state index contributed by atoms with van der Waals surface area (Å²) in [5, 5.41) is 20.6. The van der Waals surface area contributed by atoms with Gasteiger partial charge in [-0.3, -0.25) is 9.36 Å². The van der Waals surface area contributed by atoms with Gasteiger partial charge in [0.05, 0.1) is 26.0 Å². The number of nitrogens with zero attached hydrogens (tertiary/aromatic N) is 4. The van der Waals surface area contributed by atoms with Crippen LogP contribution >= 0.6 is 0 Å². The molecule has 1 saturated heterocycles. The Bertz CT molecular complexity index is 1020. The maximum Gasteiger partial charge on any atom is 0.306 e. The summed E-state index contributed by atoms with van der Waals surface area (Å²) in [4.78, 5) is 34.6. The van der Waals surface area contributed by atoms with E-state index < -0.39 is 24.5 Å². The van der Waals surface area contributed by atoms with Crippen LogP contribution in [-0.2, 0) is 23.8 Å². The highest BCUT2D eigenvalue weighted by molar-refractivity contribution is 5.81. The summed E-state index contributed by atoms with van der Waals surface area (Å²) in [6.07, 6.45) is 9.59. The first-order valence-corrected chi connectivity index (χ1v) is 13.6. The molecule has 0 unspecified atom stereocenters. The highest BCUT2D eigenvalue weighted by Crippen LogP contribution is 2.33. The molecule has 0 spiro atoms. The van der Waals surface area contributed by atoms with Crippen molar-refractivity contribution in [2.24, 2.45) is 0 Å². The van der Waals surface area contributed by atoms with Gasteiger partial charge in [0.2, 0.25) is 0 Å². The quantitative estimate of drug-likeness (QED) is 0.189. The second kappa shape index (κ2) is 15.7. The number of hydrogen-bond acceptors (Lipinski definition) is 11. The van der Waals surface area contributed by atoms with Crippen LogP contribution in [0.25, 0.3) is 11.2 Å². The number of carbonyl (C=O) groups is 2. The van der Waals surface area contributed by atoms with Crippen LogP contribution in [0.4, 0.5) is 5.82 Å². The van der Waals surface area contributed by atoms with E-state index in [9.17, 15) is 19.8 Å². The minimum absolute atomic E-state index is 0.00325. The van der Waals surface area contributed by atoms with Crippen LogP contribution in [0.5, 0.6) is 0 Å². The smallest absolute Gasteiger partial charge is 0.306 e. The largest absolute Gasteiger partial charge is 0.466 e. The van der Waals surface area contributed by atoms with Gasteiger partial charge in [-0.1, -0.05) is 44.9 Å². The van der Waals surface area contributed by atoms with Gasteiger partial charge >= 0.3 is 5.97 Å². The zero-order valence-corrected chi connectivity index (χ0v) is 22.2. The molecule has 2 aromatic rings. The number of imidazole rings is 1. The zero-order chi connectivity index (χ0) is 27.3. The Kier molecular flexibility index (Phi) is 12.3. The molecule has 38 heavy (non-hydrogen) atoms. The number of anilines is 1. The number of fused-ring (bicyclic) bond motifs is 1. The number of rotatable bonds is 18. The minimum Gasteiger partial charge on any atom is -0.466 e. The first kappa shape index (κ1) is 29.9. The molecule has 0 aliphatic carbocycles. The van der Waals surface area contributed by atoms with Gasteiger partial charge in [0, 0.05) is 13.0 Å². The molecule has 12 nitrogen and oxygen atoms in total. The Morgan fingerprint density at radius 1 is 1.00 bits per heavy atom. The Morgan fingerprint density at radius 2 is 1.66 bits per heavy atom. The van der Waals surface area contributed by atoms with Crippen molar-refractivity contribution in [3.63, 3.8) is 0 Å². The molecule has 3 heterocycles. The first-order valence-electron chi connectivity index (χ1n) is 13.6. The molecule has 0 aromatic carbocycles. The van der Waals surface area contributed by atoms with E-state index >= 15 is 0 Å². The van der Waals surface area contributed by atoms with Gasteiger partial charge in [-0.25, -0.2) is 15.0 Å². The molecule has 2 aromatic heterocycles. The Morgan fingerprint density at radius 3 is 2.32 bits per heavy atom. The number of ketones is 1. The van der Waals surface area contributed by atoms with Crippen molar-refractivity contribution in [1.29, 1.82) is 0 Å². The molecule has 4 atom stereocenters. The van der Waals surface area contributed by atoms with Crippen LogP contribution in [0.3, 0.4) is 0 Å². The van der Waals surface area contributed by atoms with Crippen LogP contribution < -0.4 is 5.73 Å². The standard InChI is InChI=1S/C26H41N5O7/c1-18(33)11-12-20(34)36-13-9-7-5-3-2-4-6-8-10-14-37-23-19(15-32)38-26(22(23)35)31-17-30-21-24(27)28-16-29-25(21)31/h16-17,19,22-23,26,32,35H,2-15H2,1H3,(H2,27,28,29)/t19-,22-,23-,26-/m1/s1. The van der Waals surface area contributed by atoms with Crippen molar-refractivity contribution in [3.8, 4) is 0 Å². The fourth-order valence-electron chi connectivity index (χ4n) is 4.56. The maximum absolute atomic E-state index is 11.4. The van der Waals surface area contributed by atoms with Crippen molar-refractivity contribution in [1.82, 2.24) is 19.5 Å². The molecule has 4 N–H and O–H groups in total. The zero-order valence-electron chi connectivity index (χ0n) is 22.2. The Hall–Kier alpha value is -2.67. The van der Waals surface area contributed by atoms with Crippen molar-refractivity contribution in [2.45, 2.75) is 102 Å². The van der Waals surface area contributed by atoms with E-state index in [-0.39, 0.29) is 37.0 Å². The summed E-state index contributed by atoms with van der Waals surface area (Å²) < 4.78 is 18.5. The Labute approximate surface area is 222 Å². The average molecular weight is 536 g/mol. The molecule has 1 aliphatic heterocycles. The molecule has 212 valence electrons. The second-order valence-corrected chi connectivity index (χ2v) is 9.76. The molecule has 1 aliphatic rings. The number of hydrogen-bond donors (Lipinski definition) is 3. The molecule has 0 bridgehead atoms. The van der Waals surface area contributed by atoms with E-state index in [1.165, 1.54) is 19.6 Å². The number of aliphatic hydroxyl groups excluding tert-OH is 2. The highest BCUT2D eigenvalue weighted by atomic mass is 16.6. The number of esters is 1. The normalized spacial score (nSPS) is 21.2. The predicted octanol–water partition coefficient (Wildman–Crippen LogP) is 2.47. The van der Waals surface area contributed by atoms with Crippen LogP contribution in [0.2, 0.25) is 0 Å². The van der Waals surface area contributed by atoms with E-state index in [1.54, 1.807) is 4.57 Å². The van der Waals surface area contributed by atoms with E-state index in [0.29, 0.717) is 24.4 Å². The third-order valence-corrected chi connectivity index (χ3v) is 6.69. The third-order valence-electron chi connectivity index (χ3n) is 6.69. The van der Waals surface area contributed by atoms with Gasteiger partial charge in [-0.15, -0.1) is 0 Å². The van der Waals surface area contributed by atoms with Crippen molar-refractivity contribution >= 4 is 28.7 Å². The summed E-state index contributed by atoms with van der Waals surface area (Å²) in [6, 6.07) is 0. The number of carbonyl (C=O) groups excluding carboxylic acids is 2. The molecule has 3 rings (SSSR count). The van der Waals surface area contributed by atoms with Gasteiger partial charge in [0.25, 0.3) is 0 Å². The lowest BCUT2D eigenvalue weighted by molar-refractivity contribution is -0.144. The van der Waals surface area contributed by atoms with Crippen LogP contribution in [0.1, 0.15) is 83.8 Å². The van der Waals surface area contributed by atoms with Crippen molar-refractivity contribution < 1.29 is 34.0 Å². The van der Waals surface area contributed by atoms with Crippen molar-refractivity contribution in [2.75, 3.05) is 25.6 Å². The molecular weight excluding hydrogens is 494 g/mol. The molecule has 0 amide bonds. The average Bonchev–Trinajstić information content (AvgIpc) is 3.47. The lowest BCUT2D eigenvalue weighted by atomic mass is 10.1. The first-order chi connectivity index (χ1) is 18.4. The summed E-state index contributed by atoms with van der Waals surface area (Å²) in [6.45, 7) is 2.10. The number of Topliss-reactive ketones (excluding diaryl/α,β-unsaturated/α-hetero) is 1. The predicted molar refractivity (Wildman–Crippen MR) is 139 cm³/mol. The van der Waals surface area contributed by atoms with E-state index in [1.807, 2.05) is 0 Å². The SMILES string of the molecule is CC(=O)CCC(=O)OCCCCCCCCCCCO[C@H]1[C@@H](O)[C@H](n2cnc3c(N)ncnc32)O[C@@H]1CO. The van der Waals surface area contributed by atoms with E-state index in [0.717, 1.165) is 57.8 Å². The van der Waals surface area contributed by atoms with Gasteiger partial charge in [0.1, 0.15) is 35.9 Å². The topological polar surface area (TPSA) is 172 Å². The van der Waals surface area contributed by atoms with E-state index in [2.05, 4.69) is 15.0 Å². The molecule has 0 radical (unpaired) electrons. The summed E-state index contributed by atoms with van der Waals surface area (Å²) >= 11 is 0. The molecule has 1 fully saturated rings. The molecule has 0 saturated carbocycles. The third kappa shape index (κ3) is 8.69. The van der Waals surface area contributed by atoms with Crippen LogP contribution in [0.15, 0.2) is 12.7 Å². The van der Waals surface area contributed by atoms with Crippen LogP contribution in [0, 0.1) is 0 Å². The highest BCUT2D eigenvalue weighted by Gasteiger charge is 2.45. The lowest BCUT2D eigenvalue weighted by Crippen LogP contribution is -2.36. The second-order valence-electron chi connectivity index (χ2n) is 9.76. The monoisotopic (exact) mass is 535 g/mol. The number of ether oxygens (including phenoxy) is 3. The van der Waals surface area contributed by atoms with Gasteiger partial charge in [0.15, 0.2) is 17.7 Å². The van der Waals surface area contributed by atoms with Gasteiger partial charge in [-0.05, 0) is 19.8 Å². The number of unbranched alkanes of at least 4 members (excludes halogenated alkanes) is 8. The summed E-state index contributed by atoms with van der Waals surface area (Å²) in [7, 11) is 0. The number of nitrogen functional groups attached to an aromatic ring is 1. The number of aliphatic hydroxyl groups is 2. The Balaban J connectivity index is 1.23. The summed E-state index contributed by atoms with van der Waals surface area (Å²) in [5.74, 6) is -0.0458. The van der Waals surface area contributed by atoms with E-state index in [4.69, 9.17) is 19.9 Å². The lowest BCUT2D eigenvalue weighted by Gasteiger charge is -2.20. The maximum atomic E-state index is 11.4. The summed E-state index contributed by atoms with van der Waals surface area (Å²) in [5.41, 5.74) is 6.72. The fraction of sp³-hybridized carbons (Fsp3) is 0.731. The van der Waals surface area contributed by atoms with Gasteiger partial charge in [-0.2, -0.15) is 0 Å². The number of aromatic nitrogens is 4. The minimum atomic E-state index is -0.996. The number of nitrogens with two attached hydrogens (primary N) is 1. The molecule has 12 heteroatoms.